The van der Waals surface area contributed by atoms with Crippen LogP contribution in [-0.4, -0.2) is 51.3 Å². The molecule has 0 aromatic heterocycles. The Morgan fingerprint density at radius 1 is 0.520 bits per heavy atom. The first-order valence-electron chi connectivity index (χ1n) is 18.0. The van der Waals surface area contributed by atoms with Crippen LogP contribution in [0.25, 0.3) is 0 Å². The molecule has 0 atom stereocenters. The van der Waals surface area contributed by atoms with E-state index in [1.807, 2.05) is 0 Å². The summed E-state index contributed by atoms with van der Waals surface area (Å²) < 4.78 is 26.0. The Balaban J connectivity index is 1.58. The molecule has 2 N–H and O–H groups in total. The van der Waals surface area contributed by atoms with Gasteiger partial charge in [0.2, 0.25) is 0 Å². The first kappa shape index (κ1) is 34.9. The maximum absolute atomic E-state index is 13.0. The number of para-hydroxylation sites is 4. The molecule has 0 fully saturated rings. The average Bonchev–Trinajstić information content (AvgIpc) is 3.11. The van der Waals surface area contributed by atoms with E-state index in [2.05, 4.69) is 97.3 Å². The highest BCUT2D eigenvalue weighted by Gasteiger charge is 2.22. The molecule has 10 bridgehead atoms. The number of rotatable bonds is 8. The fraction of sp³-hybridized carbons (Fsp3) is 0.381. The monoisotopic (exact) mass is 676 g/mol. The van der Waals surface area contributed by atoms with Gasteiger partial charge in [-0.05, 0) is 57.3 Å². The summed E-state index contributed by atoms with van der Waals surface area (Å²) in [6.45, 7) is 5.76. The van der Waals surface area contributed by atoms with Gasteiger partial charge < -0.3 is 29.6 Å². The first-order chi connectivity index (χ1) is 24.5. The van der Waals surface area contributed by atoms with Crippen LogP contribution < -0.4 is 29.6 Å². The lowest BCUT2D eigenvalue weighted by Crippen LogP contribution is -2.38. The molecule has 1 aliphatic heterocycles. The Bertz CT molecular complexity index is 1590. The normalized spacial score (nSPS) is 14.8. The number of carbonyl (C=O) groups is 2. The SMILES string of the molecule is CCCCOc1c2cccc1Cc1cccc3c1OCC(=O)NCCNC(=O)COc1c(cccc1Cc1cccc(c1OCCCC)C3)C2. The summed E-state index contributed by atoms with van der Waals surface area (Å²) in [5.74, 6) is 2.56. The minimum atomic E-state index is -0.262. The van der Waals surface area contributed by atoms with Crippen molar-refractivity contribution in [3.63, 3.8) is 0 Å². The van der Waals surface area contributed by atoms with Crippen LogP contribution >= 0.6 is 0 Å². The summed E-state index contributed by atoms with van der Waals surface area (Å²) in [7, 11) is 0. The number of hydrogen-bond acceptors (Lipinski definition) is 6. The molecule has 262 valence electrons. The highest BCUT2D eigenvalue weighted by Crippen LogP contribution is 2.39. The van der Waals surface area contributed by atoms with Gasteiger partial charge in [0, 0.05) is 38.8 Å². The minimum Gasteiger partial charge on any atom is -0.493 e. The highest BCUT2D eigenvalue weighted by molar-refractivity contribution is 5.79. The van der Waals surface area contributed by atoms with Crippen molar-refractivity contribution in [3.8, 4) is 23.0 Å². The largest absolute Gasteiger partial charge is 0.493 e. The zero-order valence-electron chi connectivity index (χ0n) is 29.3. The summed E-state index contributed by atoms with van der Waals surface area (Å²) >= 11 is 0. The van der Waals surface area contributed by atoms with Gasteiger partial charge in [-0.3, -0.25) is 9.59 Å². The number of ether oxygens (including phenoxy) is 4. The van der Waals surface area contributed by atoms with Gasteiger partial charge in [0.05, 0.1) is 13.2 Å². The first-order valence-corrected chi connectivity index (χ1v) is 18.0. The molecule has 6 rings (SSSR count). The smallest absolute Gasteiger partial charge is 0.258 e. The Morgan fingerprint density at radius 3 is 1.16 bits per heavy atom. The molecule has 0 saturated carbocycles. The number of fused-ring (bicyclic) bond motifs is 2. The fourth-order valence-electron chi connectivity index (χ4n) is 6.65. The van der Waals surface area contributed by atoms with Gasteiger partial charge >= 0.3 is 0 Å². The van der Waals surface area contributed by atoms with Gasteiger partial charge in [0.15, 0.2) is 13.2 Å². The standard InChI is InChI=1S/C42H48N2O6/c1-3-5-21-47-39-29-11-7-12-30(39)24-34-16-10-18-36-26-32-14-8-13-31(40(32)48-22-6-4-2)25-35-17-9-15-33(23-29)41(35)49-27-37(45)43-19-20-44-38(46)28-50-42(34)36/h7-18H,3-6,19-28H2,1-2H3,(H,43,45)(H,44,46). The van der Waals surface area contributed by atoms with Crippen molar-refractivity contribution in [2.45, 2.75) is 65.2 Å². The molecule has 8 nitrogen and oxygen atoms in total. The second-order valence-electron chi connectivity index (χ2n) is 13.0. The Labute approximate surface area is 295 Å². The van der Waals surface area contributed by atoms with Crippen LogP contribution in [-0.2, 0) is 35.3 Å². The van der Waals surface area contributed by atoms with Gasteiger partial charge in [-0.2, -0.15) is 0 Å². The Morgan fingerprint density at radius 2 is 0.840 bits per heavy atom. The van der Waals surface area contributed by atoms with E-state index in [-0.39, 0.29) is 38.1 Å². The fourth-order valence-corrected chi connectivity index (χ4v) is 6.65. The third-order valence-electron chi connectivity index (χ3n) is 9.19. The second-order valence-corrected chi connectivity index (χ2v) is 13.0. The van der Waals surface area contributed by atoms with Crippen LogP contribution in [0, 0.1) is 0 Å². The molecule has 4 aromatic carbocycles. The summed E-state index contributed by atoms with van der Waals surface area (Å²) in [6, 6.07) is 25.0. The predicted molar refractivity (Wildman–Crippen MR) is 195 cm³/mol. The maximum Gasteiger partial charge on any atom is 0.258 e. The van der Waals surface area contributed by atoms with Crippen molar-refractivity contribution < 1.29 is 28.5 Å². The van der Waals surface area contributed by atoms with E-state index in [1.165, 1.54) is 0 Å². The van der Waals surface area contributed by atoms with Crippen molar-refractivity contribution in [1.29, 1.82) is 0 Å². The number of carbonyl (C=O) groups excluding carboxylic acids is 2. The minimum absolute atomic E-state index is 0.155. The quantitative estimate of drug-likeness (QED) is 0.177. The van der Waals surface area contributed by atoms with Crippen molar-refractivity contribution >= 4 is 11.8 Å². The molecule has 1 heterocycles. The van der Waals surface area contributed by atoms with E-state index in [9.17, 15) is 9.59 Å². The summed E-state index contributed by atoms with van der Waals surface area (Å²) in [4.78, 5) is 26.0. The van der Waals surface area contributed by atoms with Crippen LogP contribution in [0.5, 0.6) is 23.0 Å². The van der Waals surface area contributed by atoms with Crippen LogP contribution in [0.2, 0.25) is 0 Å². The molecular formula is C42H48N2O6. The number of unbranched alkanes of at least 4 members (excludes halogenated alkanes) is 2. The molecule has 4 aromatic rings. The molecule has 8 heteroatoms. The van der Waals surface area contributed by atoms with Crippen molar-refractivity contribution in [3.05, 3.63) is 117 Å². The van der Waals surface area contributed by atoms with E-state index >= 15 is 0 Å². The molecule has 0 saturated heterocycles. The zero-order chi connectivity index (χ0) is 34.7. The van der Waals surface area contributed by atoms with E-state index in [4.69, 9.17) is 18.9 Å². The van der Waals surface area contributed by atoms with Crippen molar-refractivity contribution in [1.82, 2.24) is 10.6 Å². The van der Waals surface area contributed by atoms with Gasteiger partial charge in [-0.1, -0.05) is 99.5 Å². The summed E-state index contributed by atoms with van der Waals surface area (Å²) in [5, 5.41) is 5.74. The van der Waals surface area contributed by atoms with E-state index in [1.54, 1.807) is 0 Å². The number of nitrogens with one attached hydrogen (secondary N) is 2. The van der Waals surface area contributed by atoms with Gasteiger partial charge in [-0.15, -0.1) is 0 Å². The zero-order valence-corrected chi connectivity index (χ0v) is 29.3. The van der Waals surface area contributed by atoms with E-state index in [0.717, 1.165) is 81.7 Å². The third-order valence-corrected chi connectivity index (χ3v) is 9.19. The average molecular weight is 677 g/mol. The molecule has 0 radical (unpaired) electrons. The second kappa shape index (κ2) is 17.1. The lowest BCUT2D eigenvalue weighted by atomic mass is 9.91. The third kappa shape index (κ3) is 8.59. The van der Waals surface area contributed by atoms with Gasteiger partial charge in [-0.25, -0.2) is 0 Å². The molecular weight excluding hydrogens is 628 g/mol. The van der Waals surface area contributed by atoms with Crippen molar-refractivity contribution in [2.75, 3.05) is 39.5 Å². The molecule has 0 unspecified atom stereocenters. The molecule has 0 spiro atoms. The summed E-state index contributed by atoms with van der Waals surface area (Å²) in [6.07, 6.45) is 6.14. The van der Waals surface area contributed by atoms with Gasteiger partial charge in [0.1, 0.15) is 23.0 Å². The number of amides is 2. The Hall–Kier alpha value is -4.98. The lowest BCUT2D eigenvalue weighted by Gasteiger charge is -2.22. The van der Waals surface area contributed by atoms with E-state index in [0.29, 0.717) is 50.4 Å². The predicted octanol–water partition coefficient (Wildman–Crippen LogP) is 6.72. The van der Waals surface area contributed by atoms with Crippen LogP contribution in [0.4, 0.5) is 0 Å². The van der Waals surface area contributed by atoms with Gasteiger partial charge in [0.25, 0.3) is 11.8 Å². The highest BCUT2D eigenvalue weighted by atomic mass is 16.5. The Kier molecular flexibility index (Phi) is 11.9. The van der Waals surface area contributed by atoms with Crippen LogP contribution in [0.3, 0.4) is 0 Å². The maximum atomic E-state index is 13.0. The summed E-state index contributed by atoms with van der Waals surface area (Å²) in [5.41, 5.74) is 8.05. The molecule has 2 aliphatic rings. The van der Waals surface area contributed by atoms with Crippen LogP contribution in [0.1, 0.15) is 84.0 Å². The molecule has 1 aliphatic carbocycles. The molecule has 50 heavy (non-hydrogen) atoms. The lowest BCUT2D eigenvalue weighted by molar-refractivity contribution is -0.124. The molecule has 2 amide bonds. The topological polar surface area (TPSA) is 95.1 Å². The van der Waals surface area contributed by atoms with E-state index < -0.39 is 0 Å². The number of hydrogen-bond donors (Lipinski definition) is 2. The van der Waals surface area contributed by atoms with Crippen molar-refractivity contribution in [2.24, 2.45) is 0 Å². The number of benzene rings is 4. The van der Waals surface area contributed by atoms with Crippen LogP contribution in [0.15, 0.2) is 72.8 Å².